The molecule has 0 amide bonds. The standard InChI is InChI=1S/C19H13NO3S/c1-20-18(21)13-8-2-3-10-15(13)24(20)16-11-5-7-12-6-4-9-14(17(12)16)19(22)23/h2-11H,1H3/p+1. The Bertz CT molecular complexity index is 1170. The van der Waals surface area contributed by atoms with Gasteiger partial charge in [0.2, 0.25) is 9.60 Å². The largest absolute Gasteiger partial charge is 0.478 e. The topological polar surface area (TPSA) is 59.3 Å². The molecule has 0 bridgehead atoms. The van der Waals surface area contributed by atoms with Crippen LogP contribution in [0.25, 0.3) is 25.8 Å². The Morgan fingerprint density at radius 2 is 1.71 bits per heavy atom. The van der Waals surface area contributed by atoms with Gasteiger partial charge in [-0.05, 0) is 17.5 Å². The van der Waals surface area contributed by atoms with Crippen LogP contribution in [0.2, 0.25) is 0 Å². The first-order valence-electron chi connectivity index (χ1n) is 7.46. The van der Waals surface area contributed by atoms with Gasteiger partial charge in [-0.3, -0.25) is 4.79 Å². The number of nitrogens with zero attached hydrogens (tertiary/aromatic N) is 1. The second kappa shape index (κ2) is 5.32. The predicted octanol–water partition coefficient (Wildman–Crippen LogP) is 4.13. The molecule has 0 spiro atoms. The minimum absolute atomic E-state index is 0.0289. The Kier molecular flexibility index (Phi) is 3.25. The lowest BCUT2D eigenvalue weighted by Crippen LogP contribution is -2.09. The first kappa shape index (κ1) is 14.7. The van der Waals surface area contributed by atoms with E-state index in [-0.39, 0.29) is 11.1 Å². The van der Waals surface area contributed by atoms with Gasteiger partial charge in [0.15, 0.2) is 0 Å². The molecule has 0 aliphatic heterocycles. The van der Waals surface area contributed by atoms with Gasteiger partial charge in [0.1, 0.15) is 16.1 Å². The average molecular weight is 336 g/mol. The summed E-state index contributed by atoms with van der Waals surface area (Å²) in [6.07, 6.45) is 0. The summed E-state index contributed by atoms with van der Waals surface area (Å²) < 4.78 is 2.65. The number of fused-ring (bicyclic) bond motifs is 2. The summed E-state index contributed by atoms with van der Waals surface area (Å²) in [5, 5.41) is 11.8. The number of carbonyl (C=O) groups is 1. The number of aromatic carboxylic acids is 1. The van der Waals surface area contributed by atoms with Gasteiger partial charge in [-0.2, -0.15) is 0 Å². The van der Waals surface area contributed by atoms with Gasteiger partial charge < -0.3 is 5.11 Å². The highest BCUT2D eigenvalue weighted by atomic mass is 32.2. The van der Waals surface area contributed by atoms with Crippen molar-refractivity contribution in [1.82, 2.24) is 3.96 Å². The summed E-state index contributed by atoms with van der Waals surface area (Å²) in [5.41, 5.74) is 0.236. The van der Waals surface area contributed by atoms with E-state index in [2.05, 4.69) is 0 Å². The summed E-state index contributed by atoms with van der Waals surface area (Å²) in [6, 6.07) is 18.5. The second-order valence-electron chi connectivity index (χ2n) is 5.55. The zero-order valence-electron chi connectivity index (χ0n) is 12.9. The maximum atomic E-state index is 12.6. The van der Waals surface area contributed by atoms with E-state index < -0.39 is 16.6 Å². The van der Waals surface area contributed by atoms with Crippen molar-refractivity contribution in [2.24, 2.45) is 7.05 Å². The fraction of sp³-hybridized carbons (Fsp3) is 0.0526. The minimum Gasteiger partial charge on any atom is -0.478 e. The number of carboxylic acids is 1. The summed E-state index contributed by atoms with van der Waals surface area (Å²) >= 11 is 0. The van der Waals surface area contributed by atoms with E-state index in [1.807, 2.05) is 48.5 Å². The molecule has 4 rings (SSSR count). The van der Waals surface area contributed by atoms with Gasteiger partial charge in [0.05, 0.1) is 18.0 Å². The number of aromatic nitrogens is 1. The first-order chi connectivity index (χ1) is 11.6. The molecule has 1 heterocycles. The summed E-state index contributed by atoms with van der Waals surface area (Å²) in [6.45, 7) is 0. The zero-order valence-corrected chi connectivity index (χ0v) is 13.7. The van der Waals surface area contributed by atoms with E-state index in [1.165, 1.54) is 0 Å². The van der Waals surface area contributed by atoms with Crippen molar-refractivity contribution in [2.75, 3.05) is 0 Å². The van der Waals surface area contributed by atoms with Crippen molar-refractivity contribution in [3.05, 3.63) is 76.6 Å². The second-order valence-corrected chi connectivity index (χ2v) is 7.55. The van der Waals surface area contributed by atoms with Crippen molar-refractivity contribution >= 4 is 37.5 Å². The highest BCUT2D eigenvalue weighted by Gasteiger charge is 2.27. The maximum Gasteiger partial charge on any atom is 0.336 e. The Morgan fingerprint density at radius 3 is 2.46 bits per heavy atom. The lowest BCUT2D eigenvalue weighted by Gasteiger charge is -2.04. The van der Waals surface area contributed by atoms with E-state index in [0.717, 1.165) is 15.0 Å². The lowest BCUT2D eigenvalue weighted by atomic mass is 10.0. The lowest BCUT2D eigenvalue weighted by molar-refractivity contribution is 0.0699. The number of carboxylic acid groups (broad SMARTS) is 1. The summed E-state index contributed by atoms with van der Waals surface area (Å²) in [5.74, 6) is -0.960. The molecule has 1 aromatic heterocycles. The van der Waals surface area contributed by atoms with E-state index in [0.29, 0.717) is 10.8 Å². The van der Waals surface area contributed by atoms with Crippen LogP contribution in [0.3, 0.4) is 0 Å². The van der Waals surface area contributed by atoms with E-state index in [9.17, 15) is 14.7 Å². The molecule has 4 nitrogen and oxygen atoms in total. The van der Waals surface area contributed by atoms with Crippen LogP contribution in [0, 0.1) is 0 Å². The van der Waals surface area contributed by atoms with Gasteiger partial charge in [0, 0.05) is 12.1 Å². The van der Waals surface area contributed by atoms with Gasteiger partial charge >= 0.3 is 11.5 Å². The highest BCUT2D eigenvalue weighted by Crippen LogP contribution is 2.41. The van der Waals surface area contributed by atoms with E-state index in [1.54, 1.807) is 23.1 Å². The number of benzene rings is 3. The Morgan fingerprint density at radius 1 is 1.00 bits per heavy atom. The van der Waals surface area contributed by atoms with Crippen LogP contribution >= 0.6 is 10.7 Å². The SMILES string of the molecule is Cn1c(=O)c2ccccc2[s+]1-c1cccc2cccc(C(=O)O)c12. The molecule has 0 radical (unpaired) electrons. The molecule has 4 aromatic rings. The summed E-state index contributed by atoms with van der Waals surface area (Å²) in [7, 11) is 1.15. The quantitative estimate of drug-likeness (QED) is 0.560. The van der Waals surface area contributed by atoms with Crippen molar-refractivity contribution in [3.63, 3.8) is 0 Å². The normalized spacial score (nSPS) is 12.0. The number of rotatable bonds is 2. The third kappa shape index (κ3) is 1.98. The monoisotopic (exact) mass is 336 g/mol. The highest BCUT2D eigenvalue weighted by molar-refractivity contribution is 7.41. The average Bonchev–Trinajstić information content (AvgIpc) is 2.85. The molecule has 0 saturated heterocycles. The minimum atomic E-state index is -0.960. The molecule has 0 aliphatic rings. The van der Waals surface area contributed by atoms with Crippen molar-refractivity contribution in [2.45, 2.75) is 0 Å². The first-order valence-corrected chi connectivity index (χ1v) is 8.64. The Labute approximate surface area is 140 Å². The molecule has 24 heavy (non-hydrogen) atoms. The molecule has 0 saturated carbocycles. The fourth-order valence-electron chi connectivity index (χ4n) is 3.12. The van der Waals surface area contributed by atoms with Crippen molar-refractivity contribution in [3.8, 4) is 4.90 Å². The molecule has 1 N–H and O–H groups in total. The van der Waals surface area contributed by atoms with Gasteiger partial charge in [-0.15, -0.1) is 3.96 Å². The Hall–Kier alpha value is -2.92. The van der Waals surface area contributed by atoms with Gasteiger partial charge in [-0.25, -0.2) is 4.79 Å². The van der Waals surface area contributed by atoms with Crippen LogP contribution in [-0.2, 0) is 7.05 Å². The van der Waals surface area contributed by atoms with Crippen LogP contribution in [0.1, 0.15) is 10.4 Å². The van der Waals surface area contributed by atoms with Crippen molar-refractivity contribution in [1.29, 1.82) is 0 Å². The fourth-order valence-corrected chi connectivity index (χ4v) is 5.41. The van der Waals surface area contributed by atoms with Crippen LogP contribution in [0.4, 0.5) is 0 Å². The molecule has 3 aromatic carbocycles. The van der Waals surface area contributed by atoms with Crippen LogP contribution in [0.15, 0.2) is 65.5 Å². The van der Waals surface area contributed by atoms with Gasteiger partial charge in [-0.1, -0.05) is 36.4 Å². The van der Waals surface area contributed by atoms with Crippen molar-refractivity contribution < 1.29 is 9.90 Å². The molecule has 118 valence electrons. The smallest absolute Gasteiger partial charge is 0.336 e. The summed E-state index contributed by atoms with van der Waals surface area (Å²) in [4.78, 5) is 25.1. The predicted molar refractivity (Wildman–Crippen MR) is 97.5 cm³/mol. The van der Waals surface area contributed by atoms with Gasteiger partial charge in [0.25, 0.3) is 0 Å². The molecular weight excluding hydrogens is 322 g/mol. The molecule has 5 heteroatoms. The Balaban J connectivity index is 2.22. The molecular formula is C19H14NO3S+. The van der Waals surface area contributed by atoms with E-state index in [4.69, 9.17) is 0 Å². The number of hydrogen-bond donors (Lipinski definition) is 1. The molecule has 0 aliphatic carbocycles. The molecule has 0 fully saturated rings. The molecule has 1 atom stereocenters. The third-order valence-electron chi connectivity index (χ3n) is 4.19. The number of hydrogen-bond acceptors (Lipinski definition) is 2. The zero-order chi connectivity index (χ0) is 16.8. The van der Waals surface area contributed by atoms with Crippen LogP contribution in [-0.4, -0.2) is 15.0 Å². The maximum absolute atomic E-state index is 12.6. The molecule has 1 unspecified atom stereocenters. The van der Waals surface area contributed by atoms with E-state index >= 15 is 0 Å². The van der Waals surface area contributed by atoms with Crippen LogP contribution < -0.4 is 5.56 Å². The third-order valence-corrected chi connectivity index (χ3v) is 6.43. The van der Waals surface area contributed by atoms with Crippen LogP contribution in [0.5, 0.6) is 0 Å².